The smallest absolute Gasteiger partial charge is 0.336 e. The summed E-state index contributed by atoms with van der Waals surface area (Å²) in [4.78, 5) is 9.83. The van der Waals surface area contributed by atoms with Gasteiger partial charge in [-0.15, -0.1) is 10.2 Å². The van der Waals surface area contributed by atoms with Gasteiger partial charge in [-0.25, -0.2) is 9.97 Å². The minimum Gasteiger partial charge on any atom is -0.336 e. The molecule has 2 aromatic heterocycles. The predicted molar refractivity (Wildman–Crippen MR) is 77.0 cm³/mol. The molecule has 0 amide bonds. The van der Waals surface area contributed by atoms with E-state index in [1.54, 1.807) is 16.5 Å². The van der Waals surface area contributed by atoms with Crippen molar-refractivity contribution in [3.63, 3.8) is 0 Å². The molecule has 0 aliphatic carbocycles. The summed E-state index contributed by atoms with van der Waals surface area (Å²) >= 11 is 5.74. The second kappa shape index (κ2) is 5.95. The predicted octanol–water partition coefficient (Wildman–Crippen LogP) is 2.48. The highest BCUT2D eigenvalue weighted by Gasteiger charge is 2.42. The van der Waals surface area contributed by atoms with Gasteiger partial charge in [-0.3, -0.25) is 0 Å². The van der Waals surface area contributed by atoms with Crippen LogP contribution in [0.4, 0.5) is 19.1 Å². The molecule has 2 aromatic rings. The molecule has 124 valence electrons. The van der Waals surface area contributed by atoms with Crippen LogP contribution in [0, 0.1) is 5.92 Å². The summed E-state index contributed by atoms with van der Waals surface area (Å²) in [6.45, 7) is 0.121. The van der Waals surface area contributed by atoms with E-state index in [4.69, 9.17) is 11.6 Å². The monoisotopic (exact) mass is 346 g/mol. The maximum absolute atomic E-state index is 12.9. The molecule has 1 unspecified atom stereocenters. The van der Waals surface area contributed by atoms with Gasteiger partial charge in [0.2, 0.25) is 5.95 Å². The molecule has 0 bridgehead atoms. The Morgan fingerprint density at radius 3 is 2.65 bits per heavy atom. The van der Waals surface area contributed by atoms with Crippen molar-refractivity contribution in [1.29, 1.82) is 0 Å². The van der Waals surface area contributed by atoms with E-state index in [0.717, 1.165) is 0 Å². The number of aryl methyl sites for hydroxylation is 1. The number of aromatic nitrogens is 5. The number of alkyl halides is 3. The molecule has 0 saturated carbocycles. The SMILES string of the molecule is CN(Cc1nnc2n1CC(C(F)(F)F)CC2)c1ncc(Cl)cn1. The topological polar surface area (TPSA) is 59.7 Å². The third-order valence-electron chi connectivity index (χ3n) is 3.81. The Labute approximate surface area is 135 Å². The molecular weight excluding hydrogens is 333 g/mol. The average molecular weight is 347 g/mol. The van der Waals surface area contributed by atoms with Crippen molar-refractivity contribution in [2.24, 2.45) is 5.92 Å². The minimum absolute atomic E-state index is 0.0533. The van der Waals surface area contributed by atoms with Crippen LogP contribution in [-0.2, 0) is 19.5 Å². The number of anilines is 1. The number of hydrogen-bond acceptors (Lipinski definition) is 5. The van der Waals surface area contributed by atoms with Gasteiger partial charge in [0.1, 0.15) is 5.82 Å². The van der Waals surface area contributed by atoms with E-state index >= 15 is 0 Å². The number of halogens is 4. The van der Waals surface area contributed by atoms with Crippen LogP contribution in [0.2, 0.25) is 5.02 Å². The summed E-state index contributed by atoms with van der Waals surface area (Å²) in [6.07, 6.45) is -0.959. The molecule has 0 radical (unpaired) electrons. The van der Waals surface area contributed by atoms with E-state index in [-0.39, 0.29) is 25.9 Å². The molecule has 23 heavy (non-hydrogen) atoms. The van der Waals surface area contributed by atoms with Gasteiger partial charge in [-0.05, 0) is 6.42 Å². The van der Waals surface area contributed by atoms with E-state index in [1.807, 2.05) is 0 Å². The lowest BCUT2D eigenvalue weighted by molar-refractivity contribution is -0.182. The third-order valence-corrected chi connectivity index (χ3v) is 4.01. The first-order valence-electron chi connectivity index (χ1n) is 7.01. The van der Waals surface area contributed by atoms with Crippen molar-refractivity contribution in [2.75, 3.05) is 11.9 Å². The van der Waals surface area contributed by atoms with E-state index in [2.05, 4.69) is 20.2 Å². The molecule has 0 saturated heterocycles. The fraction of sp³-hybridized carbons (Fsp3) is 0.538. The van der Waals surface area contributed by atoms with Gasteiger partial charge >= 0.3 is 6.18 Å². The zero-order valence-electron chi connectivity index (χ0n) is 12.3. The van der Waals surface area contributed by atoms with Crippen molar-refractivity contribution >= 4 is 17.5 Å². The Morgan fingerprint density at radius 2 is 2.00 bits per heavy atom. The van der Waals surface area contributed by atoms with Gasteiger partial charge in [-0.2, -0.15) is 13.2 Å². The second-order valence-corrected chi connectivity index (χ2v) is 5.91. The Hall–Kier alpha value is -1.90. The molecule has 3 heterocycles. The van der Waals surface area contributed by atoms with Crippen molar-refractivity contribution < 1.29 is 13.2 Å². The first-order valence-corrected chi connectivity index (χ1v) is 7.38. The largest absolute Gasteiger partial charge is 0.393 e. The lowest BCUT2D eigenvalue weighted by atomic mass is 9.99. The maximum atomic E-state index is 12.9. The summed E-state index contributed by atoms with van der Waals surface area (Å²) in [7, 11) is 1.73. The van der Waals surface area contributed by atoms with Crippen LogP contribution in [0.1, 0.15) is 18.1 Å². The van der Waals surface area contributed by atoms with Crippen LogP contribution >= 0.6 is 11.6 Å². The van der Waals surface area contributed by atoms with Crippen LogP contribution in [0.25, 0.3) is 0 Å². The Balaban J connectivity index is 1.77. The summed E-state index contributed by atoms with van der Waals surface area (Å²) < 4.78 is 40.4. The highest BCUT2D eigenvalue weighted by atomic mass is 35.5. The molecule has 1 aliphatic heterocycles. The third kappa shape index (κ3) is 3.39. The van der Waals surface area contributed by atoms with Gasteiger partial charge in [-0.1, -0.05) is 11.6 Å². The highest BCUT2D eigenvalue weighted by Crippen LogP contribution is 2.34. The Morgan fingerprint density at radius 1 is 1.30 bits per heavy atom. The normalized spacial score (nSPS) is 17.9. The number of nitrogens with zero attached hydrogens (tertiary/aromatic N) is 6. The molecule has 0 N–H and O–H groups in total. The molecule has 0 fully saturated rings. The summed E-state index contributed by atoms with van der Waals surface area (Å²) in [5.74, 6) is 0.109. The van der Waals surface area contributed by atoms with Gasteiger partial charge < -0.3 is 9.47 Å². The standard InChI is InChI=1S/C13H14ClF3N6/c1-22(12-18-4-9(14)5-19-12)7-11-21-20-10-3-2-8(6-23(10)11)13(15,16)17/h4-5,8H,2-3,6-7H2,1H3. The first-order chi connectivity index (χ1) is 10.8. The summed E-state index contributed by atoms with van der Waals surface area (Å²) in [5.41, 5.74) is 0. The first kappa shape index (κ1) is 16.0. The van der Waals surface area contributed by atoms with Crippen molar-refractivity contribution in [2.45, 2.75) is 32.1 Å². The van der Waals surface area contributed by atoms with Crippen LogP contribution in [0.5, 0.6) is 0 Å². The molecule has 3 rings (SSSR count). The summed E-state index contributed by atoms with van der Waals surface area (Å²) in [6, 6.07) is 0. The van der Waals surface area contributed by atoms with Crippen LogP contribution < -0.4 is 4.90 Å². The fourth-order valence-electron chi connectivity index (χ4n) is 2.55. The zero-order chi connectivity index (χ0) is 16.6. The quantitative estimate of drug-likeness (QED) is 0.854. The van der Waals surface area contributed by atoms with Gasteiger partial charge in [0.05, 0.1) is 29.9 Å². The minimum atomic E-state index is -4.20. The molecule has 6 nitrogen and oxygen atoms in total. The zero-order valence-corrected chi connectivity index (χ0v) is 13.0. The molecular formula is C13H14ClF3N6. The van der Waals surface area contributed by atoms with Crippen molar-refractivity contribution in [3.05, 3.63) is 29.1 Å². The number of hydrogen-bond donors (Lipinski definition) is 0. The fourth-order valence-corrected chi connectivity index (χ4v) is 2.65. The van der Waals surface area contributed by atoms with Crippen molar-refractivity contribution in [1.82, 2.24) is 24.7 Å². The van der Waals surface area contributed by atoms with Crippen LogP contribution in [-0.4, -0.2) is 38.0 Å². The van der Waals surface area contributed by atoms with Crippen molar-refractivity contribution in [3.8, 4) is 0 Å². The van der Waals surface area contributed by atoms with Gasteiger partial charge in [0, 0.05) is 20.0 Å². The molecule has 1 aliphatic rings. The molecule has 0 spiro atoms. The number of rotatable bonds is 3. The Bertz CT molecular complexity index is 684. The van der Waals surface area contributed by atoms with E-state index < -0.39 is 12.1 Å². The van der Waals surface area contributed by atoms with Gasteiger partial charge in [0.15, 0.2) is 5.82 Å². The molecule has 10 heteroatoms. The highest BCUT2D eigenvalue weighted by molar-refractivity contribution is 6.30. The lowest BCUT2D eigenvalue weighted by Crippen LogP contribution is -2.33. The molecule has 1 atom stereocenters. The average Bonchev–Trinajstić information content (AvgIpc) is 2.89. The van der Waals surface area contributed by atoms with E-state index in [1.165, 1.54) is 12.4 Å². The van der Waals surface area contributed by atoms with E-state index in [0.29, 0.717) is 22.6 Å². The Kier molecular flexibility index (Phi) is 4.13. The second-order valence-electron chi connectivity index (χ2n) is 5.48. The van der Waals surface area contributed by atoms with Gasteiger partial charge in [0.25, 0.3) is 0 Å². The maximum Gasteiger partial charge on any atom is 0.393 e. The summed E-state index contributed by atoms with van der Waals surface area (Å²) in [5, 5.41) is 8.42. The lowest BCUT2D eigenvalue weighted by Gasteiger charge is -2.27. The van der Waals surface area contributed by atoms with Crippen LogP contribution in [0.15, 0.2) is 12.4 Å². The number of fused-ring (bicyclic) bond motifs is 1. The van der Waals surface area contributed by atoms with E-state index in [9.17, 15) is 13.2 Å². The molecule has 0 aromatic carbocycles. The van der Waals surface area contributed by atoms with Crippen LogP contribution in [0.3, 0.4) is 0 Å².